The van der Waals surface area contributed by atoms with Gasteiger partial charge in [-0.1, -0.05) is 44.9 Å². The van der Waals surface area contributed by atoms with E-state index in [9.17, 15) is 0 Å². The van der Waals surface area contributed by atoms with E-state index in [0.29, 0.717) is 6.04 Å². The van der Waals surface area contributed by atoms with Gasteiger partial charge in [-0.2, -0.15) is 0 Å². The molecule has 0 fully saturated rings. The molecule has 0 radical (unpaired) electrons. The zero-order chi connectivity index (χ0) is 14.9. The SMILES string of the molecule is CC(C)NCCCCCCN1CCCCc2ccccc21. The van der Waals surface area contributed by atoms with Crippen LogP contribution >= 0.6 is 0 Å². The lowest BCUT2D eigenvalue weighted by atomic mass is 10.1. The highest BCUT2D eigenvalue weighted by molar-refractivity contribution is 5.54. The third kappa shape index (κ3) is 5.70. The number of fused-ring (bicyclic) bond motifs is 1. The fourth-order valence-electron chi connectivity index (χ4n) is 3.17. The monoisotopic (exact) mass is 288 g/mol. The molecule has 1 heterocycles. The zero-order valence-corrected chi connectivity index (χ0v) is 13.9. The van der Waals surface area contributed by atoms with Crippen molar-refractivity contribution in [2.24, 2.45) is 0 Å². The number of benzene rings is 1. The molecule has 0 saturated carbocycles. The Morgan fingerprint density at radius 3 is 2.71 bits per heavy atom. The number of hydrogen-bond donors (Lipinski definition) is 1. The van der Waals surface area contributed by atoms with Crippen molar-refractivity contribution in [2.75, 3.05) is 24.5 Å². The van der Waals surface area contributed by atoms with Gasteiger partial charge in [-0.3, -0.25) is 0 Å². The molecule has 0 spiro atoms. The summed E-state index contributed by atoms with van der Waals surface area (Å²) < 4.78 is 0. The van der Waals surface area contributed by atoms with Gasteiger partial charge in [-0.05, 0) is 50.3 Å². The number of unbranched alkanes of at least 4 members (excludes halogenated alkanes) is 3. The van der Waals surface area contributed by atoms with Gasteiger partial charge >= 0.3 is 0 Å². The van der Waals surface area contributed by atoms with E-state index in [1.165, 1.54) is 70.3 Å². The molecular formula is C19H32N2. The van der Waals surface area contributed by atoms with Crippen molar-refractivity contribution in [3.05, 3.63) is 29.8 Å². The van der Waals surface area contributed by atoms with E-state index in [1.54, 1.807) is 5.56 Å². The van der Waals surface area contributed by atoms with Gasteiger partial charge in [0.1, 0.15) is 0 Å². The molecule has 1 N–H and O–H groups in total. The van der Waals surface area contributed by atoms with Crippen molar-refractivity contribution >= 4 is 5.69 Å². The molecule has 1 aliphatic rings. The molecule has 1 aromatic rings. The fraction of sp³-hybridized carbons (Fsp3) is 0.684. The molecule has 118 valence electrons. The quantitative estimate of drug-likeness (QED) is 0.714. The summed E-state index contributed by atoms with van der Waals surface area (Å²) in [5.41, 5.74) is 3.05. The van der Waals surface area contributed by atoms with Crippen molar-refractivity contribution in [1.82, 2.24) is 5.32 Å². The number of rotatable bonds is 8. The van der Waals surface area contributed by atoms with Crippen LogP contribution in [0, 0.1) is 0 Å². The Labute approximate surface area is 130 Å². The van der Waals surface area contributed by atoms with E-state index >= 15 is 0 Å². The molecule has 0 atom stereocenters. The molecule has 0 amide bonds. The molecule has 21 heavy (non-hydrogen) atoms. The van der Waals surface area contributed by atoms with E-state index in [-0.39, 0.29) is 0 Å². The van der Waals surface area contributed by atoms with Crippen LogP contribution in [0.4, 0.5) is 5.69 Å². The van der Waals surface area contributed by atoms with Gasteiger partial charge in [-0.25, -0.2) is 0 Å². The Kier molecular flexibility index (Phi) is 7.08. The van der Waals surface area contributed by atoms with Gasteiger partial charge < -0.3 is 10.2 Å². The maximum atomic E-state index is 3.50. The highest BCUT2D eigenvalue weighted by atomic mass is 15.1. The lowest BCUT2D eigenvalue weighted by Gasteiger charge is -2.25. The third-order valence-corrected chi connectivity index (χ3v) is 4.36. The zero-order valence-electron chi connectivity index (χ0n) is 13.9. The first-order valence-electron chi connectivity index (χ1n) is 8.83. The number of para-hydroxylation sites is 1. The van der Waals surface area contributed by atoms with Crippen LogP contribution in [0.25, 0.3) is 0 Å². The highest BCUT2D eigenvalue weighted by Gasteiger charge is 2.13. The minimum Gasteiger partial charge on any atom is -0.371 e. The fourth-order valence-corrected chi connectivity index (χ4v) is 3.17. The Balaban J connectivity index is 1.68. The molecule has 0 aromatic heterocycles. The van der Waals surface area contributed by atoms with Gasteiger partial charge in [0.25, 0.3) is 0 Å². The maximum Gasteiger partial charge on any atom is 0.0398 e. The molecule has 1 aliphatic heterocycles. The van der Waals surface area contributed by atoms with Crippen LogP contribution in [0.5, 0.6) is 0 Å². The average molecular weight is 288 g/mol. The van der Waals surface area contributed by atoms with Crippen molar-refractivity contribution in [2.45, 2.75) is 64.8 Å². The normalized spacial score (nSPS) is 15.1. The lowest BCUT2D eigenvalue weighted by Crippen LogP contribution is -2.25. The van der Waals surface area contributed by atoms with Gasteiger partial charge in [0.15, 0.2) is 0 Å². The number of nitrogens with one attached hydrogen (secondary N) is 1. The number of anilines is 1. The van der Waals surface area contributed by atoms with Gasteiger partial charge in [0.05, 0.1) is 0 Å². The Bertz CT molecular complexity index is 400. The van der Waals surface area contributed by atoms with E-state index in [1.807, 2.05) is 0 Å². The molecule has 0 unspecified atom stereocenters. The van der Waals surface area contributed by atoms with Crippen molar-refractivity contribution in [3.8, 4) is 0 Å². The van der Waals surface area contributed by atoms with E-state index in [4.69, 9.17) is 0 Å². The summed E-state index contributed by atoms with van der Waals surface area (Å²) in [5.74, 6) is 0. The smallest absolute Gasteiger partial charge is 0.0398 e. The minimum absolute atomic E-state index is 0.624. The van der Waals surface area contributed by atoms with E-state index in [2.05, 4.69) is 48.3 Å². The first-order valence-corrected chi connectivity index (χ1v) is 8.83. The lowest BCUT2D eigenvalue weighted by molar-refractivity contribution is 0.539. The molecule has 2 rings (SSSR count). The van der Waals surface area contributed by atoms with Crippen molar-refractivity contribution < 1.29 is 0 Å². The molecule has 0 saturated heterocycles. The largest absolute Gasteiger partial charge is 0.371 e. The molecule has 2 heteroatoms. The average Bonchev–Trinajstić information content (AvgIpc) is 2.68. The summed E-state index contributed by atoms with van der Waals surface area (Å²) in [5, 5.41) is 3.50. The van der Waals surface area contributed by atoms with Crippen LogP contribution < -0.4 is 10.2 Å². The minimum atomic E-state index is 0.624. The van der Waals surface area contributed by atoms with Gasteiger partial charge in [-0.15, -0.1) is 0 Å². The summed E-state index contributed by atoms with van der Waals surface area (Å²) in [7, 11) is 0. The molecule has 0 aliphatic carbocycles. The topological polar surface area (TPSA) is 15.3 Å². The first-order chi connectivity index (χ1) is 10.3. The van der Waals surface area contributed by atoms with Crippen molar-refractivity contribution in [3.63, 3.8) is 0 Å². The third-order valence-electron chi connectivity index (χ3n) is 4.36. The summed E-state index contributed by atoms with van der Waals surface area (Å²) in [6.45, 7) is 8.08. The van der Waals surface area contributed by atoms with E-state index < -0.39 is 0 Å². The van der Waals surface area contributed by atoms with Gasteiger partial charge in [0.2, 0.25) is 0 Å². The van der Waals surface area contributed by atoms with Crippen LogP contribution in [-0.2, 0) is 6.42 Å². The summed E-state index contributed by atoms with van der Waals surface area (Å²) in [4.78, 5) is 2.62. The van der Waals surface area contributed by atoms with Crippen LogP contribution in [0.1, 0.15) is 57.9 Å². The van der Waals surface area contributed by atoms with Crippen molar-refractivity contribution in [1.29, 1.82) is 0 Å². The first kappa shape index (κ1) is 16.4. The molecule has 0 bridgehead atoms. The summed E-state index contributed by atoms with van der Waals surface area (Å²) in [6.07, 6.45) is 9.30. The number of aryl methyl sites for hydroxylation is 1. The molecule has 1 aromatic carbocycles. The predicted octanol–water partition coefficient (Wildman–Crippen LogP) is 4.39. The van der Waals surface area contributed by atoms with Crippen LogP contribution in [-0.4, -0.2) is 25.7 Å². The van der Waals surface area contributed by atoms with E-state index in [0.717, 1.165) is 0 Å². The highest BCUT2D eigenvalue weighted by Crippen LogP contribution is 2.26. The number of nitrogens with zero attached hydrogens (tertiary/aromatic N) is 1. The van der Waals surface area contributed by atoms with Gasteiger partial charge in [0, 0.05) is 24.8 Å². The standard InChI is InChI=1S/C19H32N2/c1-17(2)20-14-8-3-4-9-15-21-16-10-7-12-18-11-5-6-13-19(18)21/h5-6,11,13,17,20H,3-4,7-10,12,14-16H2,1-2H3. The Hall–Kier alpha value is -1.02. The van der Waals surface area contributed by atoms with Crippen LogP contribution in [0.15, 0.2) is 24.3 Å². The maximum absolute atomic E-state index is 3.50. The van der Waals surface area contributed by atoms with Crippen LogP contribution in [0.2, 0.25) is 0 Å². The number of hydrogen-bond acceptors (Lipinski definition) is 2. The Morgan fingerprint density at radius 2 is 1.86 bits per heavy atom. The molecule has 2 nitrogen and oxygen atoms in total. The molecular weight excluding hydrogens is 256 g/mol. The summed E-state index contributed by atoms with van der Waals surface area (Å²) in [6, 6.07) is 9.62. The second-order valence-corrected chi connectivity index (χ2v) is 6.60. The second-order valence-electron chi connectivity index (χ2n) is 6.60. The predicted molar refractivity (Wildman–Crippen MR) is 93.2 cm³/mol. The Morgan fingerprint density at radius 1 is 1.05 bits per heavy atom. The second kappa shape index (κ2) is 9.09. The van der Waals surface area contributed by atoms with Crippen LogP contribution in [0.3, 0.4) is 0 Å². The summed E-state index contributed by atoms with van der Waals surface area (Å²) >= 11 is 0.